The third kappa shape index (κ3) is 8.62. The minimum atomic E-state index is -4.18. The normalized spacial score (nSPS) is 12.8. The lowest BCUT2D eigenvalue weighted by atomic mass is 10.3. The van der Waals surface area contributed by atoms with Gasteiger partial charge in [-0.3, -0.25) is 4.90 Å². The van der Waals surface area contributed by atoms with Crippen molar-refractivity contribution in [3.05, 3.63) is 0 Å². The lowest BCUT2D eigenvalue weighted by Gasteiger charge is -2.27. The Kier molecular flexibility index (Phi) is 6.84. The van der Waals surface area contributed by atoms with Crippen LogP contribution in [0.3, 0.4) is 0 Å². The van der Waals surface area contributed by atoms with E-state index < -0.39 is 19.4 Å². The van der Waals surface area contributed by atoms with Gasteiger partial charge in [0.1, 0.15) is 6.67 Å². The first-order chi connectivity index (χ1) is 6.87. The molecule has 2 nitrogen and oxygen atoms in total. The fraction of sp³-hybridized carbons (Fsp3) is 1.00. The summed E-state index contributed by atoms with van der Waals surface area (Å²) in [6, 6.07) is -0.168. The van der Waals surface area contributed by atoms with Crippen LogP contribution in [0.5, 0.6) is 0 Å². The molecule has 0 aromatic heterocycles. The van der Waals surface area contributed by atoms with Gasteiger partial charge in [0.05, 0.1) is 6.54 Å². The Morgan fingerprint density at radius 3 is 2.20 bits per heavy atom. The van der Waals surface area contributed by atoms with Crippen molar-refractivity contribution in [1.29, 1.82) is 0 Å². The first kappa shape index (κ1) is 14.6. The molecule has 0 aromatic rings. The van der Waals surface area contributed by atoms with Gasteiger partial charge in [-0.25, -0.2) is 4.39 Å². The van der Waals surface area contributed by atoms with Crippen LogP contribution in [0.15, 0.2) is 0 Å². The highest BCUT2D eigenvalue weighted by atomic mass is 19.4. The van der Waals surface area contributed by atoms with Crippen LogP contribution in [-0.4, -0.2) is 50.0 Å². The predicted molar refractivity (Wildman–Crippen MR) is 51.6 cm³/mol. The topological polar surface area (TPSA) is 15.3 Å². The molecule has 0 aliphatic heterocycles. The van der Waals surface area contributed by atoms with Crippen molar-refractivity contribution in [2.75, 3.05) is 32.9 Å². The lowest BCUT2D eigenvalue weighted by molar-refractivity contribution is -0.149. The van der Waals surface area contributed by atoms with Crippen molar-refractivity contribution in [3.8, 4) is 0 Å². The van der Waals surface area contributed by atoms with Crippen LogP contribution in [0.4, 0.5) is 17.6 Å². The van der Waals surface area contributed by atoms with E-state index in [1.807, 2.05) is 0 Å². The van der Waals surface area contributed by atoms with Gasteiger partial charge >= 0.3 is 6.18 Å². The molecule has 0 rings (SSSR count). The summed E-state index contributed by atoms with van der Waals surface area (Å²) in [7, 11) is 0. The molecule has 0 amide bonds. The van der Waals surface area contributed by atoms with Gasteiger partial charge in [0.25, 0.3) is 0 Å². The summed E-state index contributed by atoms with van der Waals surface area (Å²) in [6.07, 6.45) is -4.18. The summed E-state index contributed by atoms with van der Waals surface area (Å²) in [4.78, 5) is 1.31. The van der Waals surface area contributed by atoms with Crippen molar-refractivity contribution < 1.29 is 17.6 Å². The molecule has 0 unspecified atom stereocenters. The van der Waals surface area contributed by atoms with E-state index in [9.17, 15) is 17.6 Å². The van der Waals surface area contributed by atoms with Crippen molar-refractivity contribution in [2.45, 2.75) is 26.1 Å². The third-order valence-corrected chi connectivity index (χ3v) is 1.96. The van der Waals surface area contributed by atoms with E-state index in [2.05, 4.69) is 5.32 Å². The van der Waals surface area contributed by atoms with Gasteiger partial charge in [0, 0.05) is 25.7 Å². The van der Waals surface area contributed by atoms with Gasteiger partial charge in [-0.2, -0.15) is 13.2 Å². The number of hydrogen-bond acceptors (Lipinski definition) is 2. The first-order valence-corrected chi connectivity index (χ1v) is 4.94. The van der Waals surface area contributed by atoms with Gasteiger partial charge in [0.2, 0.25) is 0 Å². The highest BCUT2D eigenvalue weighted by Crippen LogP contribution is 2.17. The minimum Gasteiger partial charge on any atom is -0.313 e. The highest BCUT2D eigenvalue weighted by Gasteiger charge is 2.31. The molecule has 1 N–H and O–H groups in total. The van der Waals surface area contributed by atoms with Crippen LogP contribution in [0.25, 0.3) is 0 Å². The molecule has 0 radical (unpaired) electrons. The zero-order valence-corrected chi connectivity index (χ0v) is 9.07. The van der Waals surface area contributed by atoms with Crippen molar-refractivity contribution in [2.24, 2.45) is 0 Å². The third-order valence-electron chi connectivity index (χ3n) is 1.96. The van der Waals surface area contributed by atoms with E-state index in [1.54, 1.807) is 13.8 Å². The monoisotopic (exact) mass is 230 g/mol. The fourth-order valence-electron chi connectivity index (χ4n) is 1.16. The predicted octanol–water partition coefficient (Wildman–Crippen LogP) is 1.82. The van der Waals surface area contributed by atoms with Crippen LogP contribution in [0, 0.1) is 0 Å². The van der Waals surface area contributed by atoms with Crippen molar-refractivity contribution in [1.82, 2.24) is 10.2 Å². The van der Waals surface area contributed by atoms with Gasteiger partial charge in [-0.15, -0.1) is 0 Å². The molecule has 0 saturated heterocycles. The maximum Gasteiger partial charge on any atom is 0.401 e. The van der Waals surface area contributed by atoms with E-state index in [1.165, 1.54) is 4.90 Å². The van der Waals surface area contributed by atoms with E-state index >= 15 is 0 Å². The quantitative estimate of drug-likeness (QED) is 0.530. The summed E-state index contributed by atoms with van der Waals surface area (Å²) in [5, 5.41) is 2.72. The Balaban J connectivity index is 3.84. The van der Waals surface area contributed by atoms with Crippen LogP contribution < -0.4 is 5.32 Å². The Hall–Kier alpha value is -0.360. The molecule has 6 heteroatoms. The molecule has 0 bridgehead atoms. The Bertz CT molecular complexity index is 159. The molecule has 0 aliphatic rings. The number of nitrogens with zero attached hydrogens (tertiary/aromatic N) is 1. The van der Waals surface area contributed by atoms with Crippen LogP contribution >= 0.6 is 0 Å². The molecule has 0 fully saturated rings. The molecule has 0 aliphatic carbocycles. The maximum absolute atomic E-state index is 12.1. The molecule has 92 valence electrons. The average Bonchev–Trinajstić information content (AvgIpc) is 2.08. The van der Waals surface area contributed by atoms with E-state index in [0.29, 0.717) is 6.54 Å². The second-order valence-corrected chi connectivity index (χ2v) is 3.62. The lowest BCUT2D eigenvalue weighted by Crippen LogP contribution is -2.42. The molecule has 0 heterocycles. The van der Waals surface area contributed by atoms with Gasteiger partial charge in [0.15, 0.2) is 0 Å². The summed E-state index contributed by atoms with van der Waals surface area (Å²) >= 11 is 0. The standard InChI is InChI=1S/C9H18F4N2/c1-8(2)15(7-9(11,12)13)6-5-14-4-3-10/h8,14H,3-7H2,1-2H3. The Morgan fingerprint density at radius 1 is 1.20 bits per heavy atom. The molecule has 0 atom stereocenters. The SMILES string of the molecule is CC(C)N(CCNCCF)CC(F)(F)F. The molecular formula is C9H18F4N2. The second kappa shape index (κ2) is 7.00. The van der Waals surface area contributed by atoms with Gasteiger partial charge in [-0.05, 0) is 13.8 Å². The van der Waals surface area contributed by atoms with E-state index in [4.69, 9.17) is 0 Å². The van der Waals surface area contributed by atoms with Crippen LogP contribution in [0.1, 0.15) is 13.8 Å². The first-order valence-electron chi connectivity index (χ1n) is 4.94. The fourth-order valence-corrected chi connectivity index (χ4v) is 1.16. The largest absolute Gasteiger partial charge is 0.401 e. The van der Waals surface area contributed by atoms with Crippen molar-refractivity contribution >= 4 is 0 Å². The maximum atomic E-state index is 12.1. The Morgan fingerprint density at radius 2 is 1.80 bits per heavy atom. The molecule has 0 saturated carbocycles. The Labute approximate surface area is 87.6 Å². The number of nitrogens with one attached hydrogen (secondary N) is 1. The highest BCUT2D eigenvalue weighted by molar-refractivity contribution is 4.68. The molecular weight excluding hydrogens is 212 g/mol. The smallest absolute Gasteiger partial charge is 0.313 e. The summed E-state index contributed by atoms with van der Waals surface area (Å²) in [5.74, 6) is 0. The number of rotatable bonds is 7. The van der Waals surface area contributed by atoms with Crippen LogP contribution in [-0.2, 0) is 0 Å². The molecule has 0 aromatic carbocycles. The number of halogens is 4. The second-order valence-electron chi connectivity index (χ2n) is 3.62. The van der Waals surface area contributed by atoms with Crippen molar-refractivity contribution in [3.63, 3.8) is 0 Å². The van der Waals surface area contributed by atoms with Crippen LogP contribution in [0.2, 0.25) is 0 Å². The average molecular weight is 230 g/mol. The van der Waals surface area contributed by atoms with E-state index in [-0.39, 0.29) is 19.1 Å². The molecule has 15 heavy (non-hydrogen) atoms. The van der Waals surface area contributed by atoms with Gasteiger partial charge in [-0.1, -0.05) is 0 Å². The number of hydrogen-bond donors (Lipinski definition) is 1. The van der Waals surface area contributed by atoms with Gasteiger partial charge < -0.3 is 5.32 Å². The zero-order chi connectivity index (χ0) is 11.9. The summed E-state index contributed by atoms with van der Waals surface area (Å²) < 4.78 is 48.0. The minimum absolute atomic E-state index is 0.168. The number of alkyl halides is 4. The van der Waals surface area contributed by atoms with E-state index in [0.717, 1.165) is 0 Å². The molecule has 0 spiro atoms. The summed E-state index contributed by atoms with van der Waals surface area (Å²) in [6.45, 7) is 2.85. The summed E-state index contributed by atoms with van der Waals surface area (Å²) in [5.41, 5.74) is 0. The zero-order valence-electron chi connectivity index (χ0n) is 9.07.